The van der Waals surface area contributed by atoms with Crippen LogP contribution >= 0.6 is 0 Å². The highest BCUT2D eigenvalue weighted by molar-refractivity contribution is 6.08. The van der Waals surface area contributed by atoms with E-state index in [-0.39, 0.29) is 24.2 Å². The lowest BCUT2D eigenvalue weighted by Gasteiger charge is -2.35. The minimum Gasteiger partial charge on any atom is -0.465 e. The Morgan fingerprint density at radius 1 is 1.40 bits per heavy atom. The molecule has 106 valence electrons. The second kappa shape index (κ2) is 4.73. The quantitative estimate of drug-likeness (QED) is 0.725. The van der Waals surface area contributed by atoms with Crippen molar-refractivity contribution in [3.05, 3.63) is 11.1 Å². The third-order valence-electron chi connectivity index (χ3n) is 5.16. The molecule has 0 aliphatic heterocycles. The molecule has 0 spiro atoms. The van der Waals surface area contributed by atoms with Gasteiger partial charge in [-0.2, -0.15) is 5.26 Å². The molecular formula is C16H19NO3. The fourth-order valence-electron chi connectivity index (χ4n) is 4.46. The van der Waals surface area contributed by atoms with Gasteiger partial charge in [-0.25, -0.2) is 4.79 Å². The van der Waals surface area contributed by atoms with E-state index in [1.807, 2.05) is 0 Å². The van der Waals surface area contributed by atoms with Gasteiger partial charge in [0.1, 0.15) is 0 Å². The molecule has 2 unspecified atom stereocenters. The van der Waals surface area contributed by atoms with Crippen molar-refractivity contribution in [1.29, 1.82) is 5.26 Å². The van der Waals surface area contributed by atoms with Crippen molar-refractivity contribution in [2.45, 2.75) is 45.4 Å². The average Bonchev–Trinajstić information content (AvgIpc) is 2.97. The first kappa shape index (κ1) is 13.4. The second-order valence-corrected chi connectivity index (χ2v) is 5.96. The lowest BCUT2D eigenvalue weighted by Crippen LogP contribution is -2.42. The molecule has 0 heterocycles. The number of ketones is 1. The van der Waals surface area contributed by atoms with Crippen molar-refractivity contribution in [2.24, 2.45) is 17.3 Å². The van der Waals surface area contributed by atoms with Crippen molar-refractivity contribution < 1.29 is 14.3 Å². The van der Waals surface area contributed by atoms with Crippen molar-refractivity contribution in [1.82, 2.24) is 0 Å². The smallest absolute Gasteiger partial charge is 0.331 e. The molecule has 20 heavy (non-hydrogen) atoms. The Morgan fingerprint density at radius 2 is 2.15 bits per heavy atom. The van der Waals surface area contributed by atoms with Gasteiger partial charge in [0.05, 0.1) is 12.7 Å². The van der Waals surface area contributed by atoms with Crippen LogP contribution in [0.2, 0.25) is 0 Å². The molecule has 4 nitrogen and oxygen atoms in total. The molecule has 1 saturated carbocycles. The van der Waals surface area contributed by atoms with Crippen LogP contribution in [0.25, 0.3) is 0 Å². The zero-order valence-corrected chi connectivity index (χ0v) is 11.8. The van der Waals surface area contributed by atoms with E-state index in [9.17, 15) is 14.9 Å². The van der Waals surface area contributed by atoms with E-state index in [1.165, 1.54) is 0 Å². The number of fused-ring (bicyclic) bond motifs is 2. The van der Waals surface area contributed by atoms with E-state index in [0.29, 0.717) is 12.0 Å². The number of Topliss-reactive ketones (excluding diaryl/α,β-unsaturated/α-hetero) is 1. The Labute approximate surface area is 118 Å². The summed E-state index contributed by atoms with van der Waals surface area (Å²) in [5.41, 5.74) is 0.286. The first-order chi connectivity index (χ1) is 9.66. The van der Waals surface area contributed by atoms with Gasteiger partial charge in [0.2, 0.25) is 0 Å². The number of carbonyl (C=O) groups is 2. The summed E-state index contributed by atoms with van der Waals surface area (Å²) in [4.78, 5) is 24.8. The van der Waals surface area contributed by atoms with Gasteiger partial charge in [0, 0.05) is 12.0 Å². The highest BCUT2D eigenvalue weighted by Crippen LogP contribution is 2.60. The molecule has 3 atom stereocenters. The minimum absolute atomic E-state index is 0.0102. The lowest BCUT2D eigenvalue weighted by molar-refractivity contribution is -0.154. The van der Waals surface area contributed by atoms with Crippen molar-refractivity contribution in [3.63, 3.8) is 0 Å². The Hall–Kier alpha value is -1.63. The van der Waals surface area contributed by atoms with Crippen molar-refractivity contribution in [3.8, 4) is 6.07 Å². The monoisotopic (exact) mass is 273 g/mol. The number of rotatable bonds is 2. The van der Waals surface area contributed by atoms with E-state index < -0.39 is 11.4 Å². The van der Waals surface area contributed by atoms with Gasteiger partial charge >= 0.3 is 5.97 Å². The second-order valence-electron chi connectivity index (χ2n) is 5.96. The van der Waals surface area contributed by atoms with E-state index in [0.717, 1.165) is 37.7 Å². The van der Waals surface area contributed by atoms with Gasteiger partial charge in [0.15, 0.2) is 11.2 Å². The van der Waals surface area contributed by atoms with E-state index in [1.54, 1.807) is 6.92 Å². The summed E-state index contributed by atoms with van der Waals surface area (Å²) in [6, 6.07) is 2.21. The third-order valence-corrected chi connectivity index (χ3v) is 5.16. The predicted octanol–water partition coefficient (Wildman–Crippen LogP) is 2.54. The Bertz CT molecular complexity index is 542. The summed E-state index contributed by atoms with van der Waals surface area (Å²) in [5, 5.41) is 9.78. The summed E-state index contributed by atoms with van der Waals surface area (Å²) in [6.45, 7) is 1.98. The molecule has 4 heteroatoms. The van der Waals surface area contributed by atoms with Crippen LogP contribution in [0, 0.1) is 28.6 Å². The molecule has 0 saturated heterocycles. The van der Waals surface area contributed by atoms with Crippen LogP contribution in [0.3, 0.4) is 0 Å². The Kier molecular flexibility index (Phi) is 3.16. The summed E-state index contributed by atoms with van der Waals surface area (Å²) < 4.78 is 5.18. The maximum absolute atomic E-state index is 12.5. The van der Waals surface area contributed by atoms with Crippen LogP contribution in [0.5, 0.6) is 0 Å². The number of hydrogen-bond acceptors (Lipinski definition) is 4. The summed E-state index contributed by atoms with van der Waals surface area (Å²) in [5.74, 6) is -0.313. The van der Waals surface area contributed by atoms with Crippen LogP contribution in [0.1, 0.15) is 45.4 Å². The SMILES string of the molecule is CCOC(=O)[C@]1(C#N)C2=C(CCC2=O)C2CCCCC21. The average molecular weight is 273 g/mol. The number of ether oxygens (including phenoxy) is 1. The van der Waals surface area contributed by atoms with Gasteiger partial charge in [-0.05, 0) is 38.0 Å². The normalized spacial score (nSPS) is 35.5. The standard InChI is InChI=1S/C16H19NO3/c1-2-20-15(19)16(9-17)12-6-4-3-5-10(12)11-7-8-13(18)14(11)16/h10,12H,2-8H2,1H3/t10?,12?,16-/m0/s1. The molecular weight excluding hydrogens is 254 g/mol. The Balaban J connectivity index is 2.13. The molecule has 3 rings (SSSR count). The number of carbonyl (C=O) groups excluding carboxylic acids is 2. The van der Waals surface area contributed by atoms with Crippen molar-refractivity contribution >= 4 is 11.8 Å². The van der Waals surface area contributed by atoms with Crippen LogP contribution in [-0.2, 0) is 14.3 Å². The van der Waals surface area contributed by atoms with E-state index in [2.05, 4.69) is 6.07 Å². The number of esters is 1. The maximum atomic E-state index is 12.5. The molecule has 0 amide bonds. The molecule has 3 aliphatic carbocycles. The topological polar surface area (TPSA) is 67.2 Å². The first-order valence-corrected chi connectivity index (χ1v) is 7.52. The van der Waals surface area contributed by atoms with Crippen molar-refractivity contribution in [2.75, 3.05) is 6.61 Å². The molecule has 1 fully saturated rings. The molecule has 0 radical (unpaired) electrons. The van der Waals surface area contributed by atoms with E-state index in [4.69, 9.17) is 4.74 Å². The minimum atomic E-state index is -1.32. The van der Waals surface area contributed by atoms with Crippen LogP contribution in [0.4, 0.5) is 0 Å². The zero-order chi connectivity index (χ0) is 14.3. The van der Waals surface area contributed by atoms with Gasteiger partial charge in [0.25, 0.3) is 0 Å². The van der Waals surface area contributed by atoms with Gasteiger partial charge < -0.3 is 4.74 Å². The molecule has 0 bridgehead atoms. The van der Waals surface area contributed by atoms with Crippen LogP contribution in [-0.4, -0.2) is 18.4 Å². The molecule has 0 N–H and O–H groups in total. The number of nitrogens with zero attached hydrogens (tertiary/aromatic N) is 1. The van der Waals surface area contributed by atoms with Gasteiger partial charge in [-0.3, -0.25) is 4.79 Å². The predicted molar refractivity (Wildman–Crippen MR) is 71.4 cm³/mol. The van der Waals surface area contributed by atoms with Crippen LogP contribution < -0.4 is 0 Å². The third kappa shape index (κ3) is 1.52. The van der Waals surface area contributed by atoms with Gasteiger partial charge in [-0.1, -0.05) is 18.4 Å². The van der Waals surface area contributed by atoms with Gasteiger partial charge in [-0.15, -0.1) is 0 Å². The molecule has 0 aromatic rings. The fraction of sp³-hybridized carbons (Fsp3) is 0.688. The molecule has 0 aromatic heterocycles. The molecule has 3 aliphatic rings. The summed E-state index contributed by atoms with van der Waals surface area (Å²) >= 11 is 0. The van der Waals surface area contributed by atoms with E-state index >= 15 is 0 Å². The largest absolute Gasteiger partial charge is 0.465 e. The van der Waals surface area contributed by atoms with Crippen LogP contribution in [0.15, 0.2) is 11.1 Å². The summed E-state index contributed by atoms with van der Waals surface area (Å²) in [7, 11) is 0. The lowest BCUT2D eigenvalue weighted by atomic mass is 9.65. The maximum Gasteiger partial charge on any atom is 0.331 e. The zero-order valence-electron chi connectivity index (χ0n) is 11.8. The first-order valence-electron chi connectivity index (χ1n) is 7.52. The highest BCUT2D eigenvalue weighted by Gasteiger charge is 2.63. The summed E-state index contributed by atoms with van der Waals surface area (Å²) in [6.07, 6.45) is 5.18. The Morgan fingerprint density at radius 3 is 2.85 bits per heavy atom. The molecule has 0 aromatic carbocycles. The number of nitriles is 1. The fourth-order valence-corrected chi connectivity index (χ4v) is 4.46. The number of allylic oxidation sites excluding steroid dienone is 1. The number of hydrogen-bond donors (Lipinski definition) is 0. The highest BCUT2D eigenvalue weighted by atomic mass is 16.5.